The maximum atomic E-state index is 12.4. The molecule has 0 atom stereocenters. The number of rotatable bonds is 4. The van der Waals surface area contributed by atoms with Crippen molar-refractivity contribution in [3.63, 3.8) is 0 Å². The molecule has 2 nitrogen and oxygen atoms in total. The minimum atomic E-state index is -0.140. The molecule has 0 N–H and O–H groups in total. The van der Waals surface area contributed by atoms with Gasteiger partial charge < -0.3 is 0 Å². The Kier molecular flexibility index (Phi) is 4.79. The molecule has 0 bridgehead atoms. The number of hydrogen-bond donors (Lipinski definition) is 0. The van der Waals surface area contributed by atoms with Crippen LogP contribution < -0.4 is 0 Å². The van der Waals surface area contributed by atoms with E-state index in [1.54, 1.807) is 72.8 Å². The van der Waals surface area contributed by atoms with Gasteiger partial charge in [-0.2, -0.15) is 0 Å². The van der Waals surface area contributed by atoms with Crippen LogP contribution in [0.2, 0.25) is 10.0 Å². The molecular formula is C20H12Cl2O2. The van der Waals surface area contributed by atoms with E-state index < -0.39 is 0 Å². The van der Waals surface area contributed by atoms with Gasteiger partial charge in [-0.15, -0.1) is 0 Å². The van der Waals surface area contributed by atoms with Crippen molar-refractivity contribution < 1.29 is 9.59 Å². The summed E-state index contributed by atoms with van der Waals surface area (Å²) in [5.41, 5.74) is 2.02. The lowest BCUT2D eigenvalue weighted by Gasteiger charge is -2.05. The van der Waals surface area contributed by atoms with Gasteiger partial charge in [-0.1, -0.05) is 71.7 Å². The summed E-state index contributed by atoms with van der Waals surface area (Å²) < 4.78 is 0. The molecule has 0 radical (unpaired) electrons. The van der Waals surface area contributed by atoms with Gasteiger partial charge in [-0.3, -0.25) is 9.59 Å². The van der Waals surface area contributed by atoms with Crippen LogP contribution in [-0.4, -0.2) is 11.6 Å². The normalized spacial score (nSPS) is 10.4. The van der Waals surface area contributed by atoms with E-state index in [1.807, 2.05) is 0 Å². The van der Waals surface area contributed by atoms with Crippen molar-refractivity contribution in [2.45, 2.75) is 0 Å². The largest absolute Gasteiger partial charge is 0.289 e. The maximum absolute atomic E-state index is 12.4. The van der Waals surface area contributed by atoms with Crippen LogP contribution in [0.25, 0.3) is 0 Å². The molecule has 3 rings (SSSR count). The lowest BCUT2D eigenvalue weighted by Crippen LogP contribution is -2.04. The lowest BCUT2D eigenvalue weighted by atomic mass is 9.99. The smallest absolute Gasteiger partial charge is 0.193 e. The summed E-state index contributed by atoms with van der Waals surface area (Å²) in [4.78, 5) is 24.9. The molecule has 0 aliphatic rings. The van der Waals surface area contributed by atoms with Crippen molar-refractivity contribution in [3.05, 3.63) is 105 Å². The first kappa shape index (κ1) is 16.4. The fourth-order valence-corrected chi connectivity index (χ4v) is 2.75. The van der Waals surface area contributed by atoms with E-state index in [9.17, 15) is 9.59 Å². The average molecular weight is 355 g/mol. The highest BCUT2D eigenvalue weighted by atomic mass is 35.5. The van der Waals surface area contributed by atoms with Crippen molar-refractivity contribution in [1.82, 2.24) is 0 Å². The van der Waals surface area contributed by atoms with E-state index in [1.165, 1.54) is 0 Å². The van der Waals surface area contributed by atoms with E-state index in [4.69, 9.17) is 23.2 Å². The maximum Gasteiger partial charge on any atom is 0.193 e. The van der Waals surface area contributed by atoms with Gasteiger partial charge in [0.2, 0.25) is 0 Å². The van der Waals surface area contributed by atoms with Crippen molar-refractivity contribution >= 4 is 34.8 Å². The highest BCUT2D eigenvalue weighted by Gasteiger charge is 2.13. The summed E-state index contributed by atoms with van der Waals surface area (Å²) in [5.74, 6) is -0.279. The fourth-order valence-electron chi connectivity index (χ4n) is 2.37. The minimum Gasteiger partial charge on any atom is -0.289 e. The number of benzene rings is 3. The first-order valence-corrected chi connectivity index (χ1v) is 8.01. The molecular weight excluding hydrogens is 343 g/mol. The molecule has 0 aromatic heterocycles. The Morgan fingerprint density at radius 3 is 1.25 bits per heavy atom. The van der Waals surface area contributed by atoms with E-state index in [-0.39, 0.29) is 11.6 Å². The van der Waals surface area contributed by atoms with Crippen molar-refractivity contribution in [1.29, 1.82) is 0 Å². The van der Waals surface area contributed by atoms with Gasteiger partial charge in [0.15, 0.2) is 11.6 Å². The minimum absolute atomic E-state index is 0.140. The molecule has 0 fully saturated rings. The van der Waals surface area contributed by atoms with Gasteiger partial charge in [-0.05, 0) is 24.3 Å². The topological polar surface area (TPSA) is 34.1 Å². The highest BCUT2D eigenvalue weighted by Crippen LogP contribution is 2.18. The van der Waals surface area contributed by atoms with Crippen molar-refractivity contribution in [2.75, 3.05) is 0 Å². The summed E-state index contributed by atoms with van der Waals surface area (Å²) in [6.45, 7) is 0. The van der Waals surface area contributed by atoms with Gasteiger partial charge in [0.05, 0.1) is 0 Å². The lowest BCUT2D eigenvalue weighted by molar-refractivity contribution is 0.102. The third kappa shape index (κ3) is 3.56. The van der Waals surface area contributed by atoms with Crippen molar-refractivity contribution in [3.8, 4) is 0 Å². The van der Waals surface area contributed by atoms with Crippen LogP contribution in [0.3, 0.4) is 0 Å². The van der Waals surface area contributed by atoms with Crippen LogP contribution in [0.5, 0.6) is 0 Å². The third-order valence-electron chi connectivity index (χ3n) is 3.58. The predicted octanol–water partition coefficient (Wildman–Crippen LogP) is 5.46. The van der Waals surface area contributed by atoms with Gasteiger partial charge in [0.25, 0.3) is 0 Å². The van der Waals surface area contributed by atoms with Gasteiger partial charge in [-0.25, -0.2) is 0 Å². The zero-order valence-corrected chi connectivity index (χ0v) is 14.0. The highest BCUT2D eigenvalue weighted by molar-refractivity contribution is 6.31. The van der Waals surface area contributed by atoms with Crippen LogP contribution >= 0.6 is 23.2 Å². The Bertz CT molecular complexity index is 838. The van der Waals surface area contributed by atoms with Gasteiger partial charge in [0, 0.05) is 32.3 Å². The second-order valence-electron chi connectivity index (χ2n) is 5.26. The molecule has 0 aliphatic heterocycles. The van der Waals surface area contributed by atoms with Crippen LogP contribution in [0, 0.1) is 0 Å². The Balaban J connectivity index is 1.85. The zero-order chi connectivity index (χ0) is 17.1. The average Bonchev–Trinajstić information content (AvgIpc) is 2.60. The number of ketones is 2. The molecule has 0 saturated carbocycles. The Labute approximate surface area is 149 Å². The molecule has 0 amide bonds. The third-order valence-corrected chi connectivity index (χ3v) is 4.05. The van der Waals surface area contributed by atoms with Gasteiger partial charge >= 0.3 is 0 Å². The van der Waals surface area contributed by atoms with Crippen LogP contribution in [0.4, 0.5) is 0 Å². The molecule has 0 heterocycles. The standard InChI is InChI=1S/C20H12Cl2O2/c21-17-5-1-3-15(11-17)19(23)13-7-9-14(10-8-13)20(24)16-4-2-6-18(22)12-16/h1-12H. The second-order valence-corrected chi connectivity index (χ2v) is 6.13. The summed E-state index contributed by atoms with van der Waals surface area (Å²) in [6.07, 6.45) is 0. The van der Waals surface area contributed by atoms with E-state index in [2.05, 4.69) is 0 Å². The van der Waals surface area contributed by atoms with E-state index in [0.717, 1.165) is 0 Å². The molecule has 24 heavy (non-hydrogen) atoms. The van der Waals surface area contributed by atoms with Crippen LogP contribution in [0.15, 0.2) is 72.8 Å². The zero-order valence-electron chi connectivity index (χ0n) is 12.5. The molecule has 3 aromatic carbocycles. The summed E-state index contributed by atoms with van der Waals surface area (Å²) >= 11 is 11.8. The van der Waals surface area contributed by atoms with E-state index >= 15 is 0 Å². The van der Waals surface area contributed by atoms with Crippen LogP contribution in [-0.2, 0) is 0 Å². The summed E-state index contributed by atoms with van der Waals surface area (Å²) in [7, 11) is 0. The quantitative estimate of drug-likeness (QED) is 0.583. The molecule has 118 valence electrons. The summed E-state index contributed by atoms with van der Waals surface area (Å²) in [5, 5.41) is 1.02. The SMILES string of the molecule is O=C(c1ccc(C(=O)c2cccc(Cl)c2)cc1)c1cccc(Cl)c1. The number of carbonyl (C=O) groups excluding carboxylic acids is 2. The van der Waals surface area contributed by atoms with Gasteiger partial charge in [0.1, 0.15) is 0 Å². The first-order valence-electron chi connectivity index (χ1n) is 7.25. The fraction of sp³-hybridized carbons (Fsp3) is 0. The molecule has 0 spiro atoms. The van der Waals surface area contributed by atoms with Crippen LogP contribution in [0.1, 0.15) is 31.8 Å². The first-order chi connectivity index (χ1) is 11.5. The second kappa shape index (κ2) is 7.00. The Hall–Kier alpha value is -2.42. The Morgan fingerprint density at radius 1 is 0.542 bits per heavy atom. The number of carbonyl (C=O) groups is 2. The number of halogens is 2. The molecule has 4 heteroatoms. The molecule has 0 unspecified atom stereocenters. The number of hydrogen-bond acceptors (Lipinski definition) is 2. The summed E-state index contributed by atoms with van der Waals surface area (Å²) in [6, 6.07) is 20.1. The monoisotopic (exact) mass is 354 g/mol. The molecule has 0 aliphatic carbocycles. The molecule has 3 aromatic rings. The predicted molar refractivity (Wildman–Crippen MR) is 96.2 cm³/mol. The van der Waals surface area contributed by atoms with E-state index in [0.29, 0.717) is 32.3 Å². The Morgan fingerprint density at radius 2 is 0.917 bits per heavy atom. The van der Waals surface area contributed by atoms with Crippen molar-refractivity contribution in [2.24, 2.45) is 0 Å². The molecule has 0 saturated heterocycles.